The van der Waals surface area contributed by atoms with Crippen molar-refractivity contribution in [2.75, 3.05) is 18.2 Å². The Morgan fingerprint density at radius 3 is 2.36 bits per heavy atom. The molecule has 1 heterocycles. The van der Waals surface area contributed by atoms with Gasteiger partial charge in [0.05, 0.1) is 22.5 Å². The molecule has 170 valence electrons. The predicted molar refractivity (Wildman–Crippen MR) is 124 cm³/mol. The lowest BCUT2D eigenvalue weighted by molar-refractivity contribution is -0.142. The van der Waals surface area contributed by atoms with E-state index in [1.54, 1.807) is 25.1 Å². The third-order valence-electron chi connectivity index (χ3n) is 4.68. The number of esters is 2. The van der Waals surface area contributed by atoms with Crippen molar-refractivity contribution in [3.05, 3.63) is 83.4 Å². The normalized spacial score (nSPS) is 15.2. The number of anilines is 1. The molecule has 1 unspecified atom stereocenters. The Balaban J connectivity index is 1.59. The summed E-state index contributed by atoms with van der Waals surface area (Å²) in [5.41, 5.74) is 2.92. The number of ether oxygens (including phenoxy) is 2. The van der Waals surface area contributed by atoms with Crippen LogP contribution in [-0.4, -0.2) is 48.0 Å². The van der Waals surface area contributed by atoms with Crippen molar-refractivity contribution in [3.63, 3.8) is 0 Å². The molecule has 33 heavy (non-hydrogen) atoms. The second kappa shape index (κ2) is 10.5. The third kappa shape index (κ3) is 6.02. The van der Waals surface area contributed by atoms with Crippen LogP contribution < -0.4 is 5.01 Å². The van der Waals surface area contributed by atoms with Crippen LogP contribution in [0.25, 0.3) is 6.08 Å². The van der Waals surface area contributed by atoms with Crippen LogP contribution in [0.1, 0.15) is 29.8 Å². The van der Waals surface area contributed by atoms with Crippen LogP contribution in [0.2, 0.25) is 0 Å². The fourth-order valence-electron chi connectivity index (χ4n) is 2.91. The van der Waals surface area contributed by atoms with Crippen molar-refractivity contribution in [2.24, 2.45) is 5.10 Å². The number of nitrogens with zero attached hydrogens (tertiary/aromatic N) is 2. The number of hydrazone groups is 1. The minimum atomic E-state index is -1.16. The van der Waals surface area contributed by atoms with Gasteiger partial charge in [0.1, 0.15) is 19.3 Å². The van der Waals surface area contributed by atoms with Gasteiger partial charge in [-0.25, -0.2) is 9.59 Å². The number of aliphatic hydroxyl groups excluding tert-OH is 1. The van der Waals surface area contributed by atoms with Gasteiger partial charge in [-0.2, -0.15) is 10.1 Å². The van der Waals surface area contributed by atoms with Crippen LogP contribution in [-0.2, 0) is 19.1 Å². The molecule has 8 heteroatoms. The summed E-state index contributed by atoms with van der Waals surface area (Å²) in [6.45, 7) is 6.03. The summed E-state index contributed by atoms with van der Waals surface area (Å²) >= 11 is 0. The van der Waals surface area contributed by atoms with E-state index in [0.29, 0.717) is 17.0 Å². The lowest BCUT2D eigenvalue weighted by Crippen LogP contribution is -2.25. The zero-order valence-corrected chi connectivity index (χ0v) is 18.4. The Kier molecular flexibility index (Phi) is 7.53. The molecule has 0 spiro atoms. The molecule has 1 aliphatic heterocycles. The van der Waals surface area contributed by atoms with E-state index in [4.69, 9.17) is 9.47 Å². The lowest BCUT2D eigenvalue weighted by atomic mass is 10.1. The maximum atomic E-state index is 12.9. The smallest absolute Gasteiger partial charge is 0.338 e. The fraction of sp³-hybridized carbons (Fsp3) is 0.200. The molecule has 1 N–H and O–H groups in total. The number of aliphatic hydroxyl groups is 1. The van der Waals surface area contributed by atoms with E-state index in [9.17, 15) is 19.5 Å². The second-order valence-corrected chi connectivity index (χ2v) is 7.45. The summed E-state index contributed by atoms with van der Waals surface area (Å²) in [5.74, 6) is -1.56. The molecule has 0 aliphatic carbocycles. The lowest BCUT2D eigenvalue weighted by Gasteiger charge is -2.13. The summed E-state index contributed by atoms with van der Waals surface area (Å²) in [7, 11) is 0. The van der Waals surface area contributed by atoms with Gasteiger partial charge >= 0.3 is 11.9 Å². The Morgan fingerprint density at radius 1 is 1.09 bits per heavy atom. The van der Waals surface area contributed by atoms with Crippen LogP contribution in [0, 0.1) is 0 Å². The molecule has 1 aliphatic rings. The molecule has 0 fully saturated rings. The molecular formula is C25H24N2O6. The van der Waals surface area contributed by atoms with Crippen LogP contribution >= 0.6 is 0 Å². The first kappa shape index (κ1) is 23.6. The van der Waals surface area contributed by atoms with Crippen molar-refractivity contribution in [2.45, 2.75) is 20.0 Å². The number of amides is 1. The monoisotopic (exact) mass is 448 g/mol. The maximum Gasteiger partial charge on any atom is 0.338 e. The van der Waals surface area contributed by atoms with Gasteiger partial charge in [-0.05, 0) is 49.8 Å². The quantitative estimate of drug-likeness (QED) is 0.491. The molecule has 2 aromatic rings. The molecule has 2 aromatic carbocycles. The number of rotatable bonds is 8. The van der Waals surface area contributed by atoms with E-state index in [1.807, 2.05) is 30.3 Å². The van der Waals surface area contributed by atoms with Crippen molar-refractivity contribution in [1.82, 2.24) is 0 Å². The largest absolute Gasteiger partial charge is 0.459 e. The van der Waals surface area contributed by atoms with E-state index >= 15 is 0 Å². The molecule has 0 aromatic heterocycles. The van der Waals surface area contributed by atoms with Gasteiger partial charge in [-0.3, -0.25) is 4.79 Å². The van der Waals surface area contributed by atoms with Gasteiger partial charge < -0.3 is 14.6 Å². The first-order chi connectivity index (χ1) is 15.8. The van der Waals surface area contributed by atoms with Gasteiger partial charge in [0.15, 0.2) is 0 Å². The van der Waals surface area contributed by atoms with E-state index in [-0.39, 0.29) is 30.3 Å². The predicted octanol–water partition coefficient (Wildman–Crippen LogP) is 3.13. The topological polar surface area (TPSA) is 106 Å². The van der Waals surface area contributed by atoms with Crippen LogP contribution in [0.5, 0.6) is 0 Å². The average Bonchev–Trinajstić information content (AvgIpc) is 3.10. The van der Waals surface area contributed by atoms with E-state index in [2.05, 4.69) is 11.7 Å². The molecule has 0 saturated heterocycles. The Labute approximate surface area is 191 Å². The zero-order chi connectivity index (χ0) is 24.0. The Morgan fingerprint density at radius 2 is 1.73 bits per heavy atom. The van der Waals surface area contributed by atoms with Gasteiger partial charge in [0.25, 0.3) is 5.91 Å². The molecular weight excluding hydrogens is 424 g/mol. The molecule has 0 radical (unpaired) electrons. The molecule has 8 nitrogen and oxygen atoms in total. The van der Waals surface area contributed by atoms with E-state index in [0.717, 1.165) is 5.56 Å². The van der Waals surface area contributed by atoms with Crippen LogP contribution in [0.15, 0.2) is 77.4 Å². The minimum Gasteiger partial charge on any atom is -0.459 e. The molecule has 3 rings (SSSR count). The highest BCUT2D eigenvalue weighted by atomic mass is 16.6. The van der Waals surface area contributed by atoms with Crippen molar-refractivity contribution in [3.8, 4) is 0 Å². The van der Waals surface area contributed by atoms with Gasteiger partial charge in [0, 0.05) is 5.57 Å². The highest BCUT2D eigenvalue weighted by molar-refractivity contribution is 6.32. The fourth-order valence-corrected chi connectivity index (χ4v) is 2.91. The Hall–Kier alpha value is -4.04. The molecule has 1 atom stereocenters. The average molecular weight is 448 g/mol. The SMILES string of the molecule is C=C(C)C(=O)OCC(O)COC(=O)c1ccc(N2N=C(C)/C(=C/c3ccccc3)C2=O)cc1. The summed E-state index contributed by atoms with van der Waals surface area (Å²) in [6, 6.07) is 15.7. The van der Waals surface area contributed by atoms with Gasteiger partial charge in [-0.15, -0.1) is 0 Å². The minimum absolute atomic E-state index is 0.206. The molecule has 1 amide bonds. The first-order valence-corrected chi connectivity index (χ1v) is 10.2. The molecule has 0 saturated carbocycles. The summed E-state index contributed by atoms with van der Waals surface area (Å²) in [6.07, 6.45) is 0.622. The van der Waals surface area contributed by atoms with Crippen molar-refractivity contribution < 1.29 is 29.0 Å². The summed E-state index contributed by atoms with van der Waals surface area (Å²) in [5, 5.41) is 15.4. The van der Waals surface area contributed by atoms with E-state index in [1.165, 1.54) is 24.1 Å². The number of hydrogen-bond donors (Lipinski definition) is 1. The van der Waals surface area contributed by atoms with Gasteiger partial charge in [0.2, 0.25) is 0 Å². The molecule has 0 bridgehead atoms. The van der Waals surface area contributed by atoms with Crippen molar-refractivity contribution in [1.29, 1.82) is 0 Å². The highest BCUT2D eigenvalue weighted by Gasteiger charge is 2.28. The summed E-state index contributed by atoms with van der Waals surface area (Å²) in [4.78, 5) is 36.4. The second-order valence-electron chi connectivity index (χ2n) is 7.45. The van der Waals surface area contributed by atoms with Crippen LogP contribution in [0.4, 0.5) is 5.69 Å². The van der Waals surface area contributed by atoms with E-state index < -0.39 is 18.0 Å². The zero-order valence-electron chi connectivity index (χ0n) is 18.4. The number of benzene rings is 2. The Bertz CT molecular complexity index is 1120. The number of carbonyl (C=O) groups excluding carboxylic acids is 3. The van der Waals surface area contributed by atoms with Crippen molar-refractivity contribution >= 4 is 35.3 Å². The summed E-state index contributed by atoms with van der Waals surface area (Å²) < 4.78 is 9.86. The highest BCUT2D eigenvalue weighted by Crippen LogP contribution is 2.25. The van der Waals surface area contributed by atoms with Crippen LogP contribution in [0.3, 0.4) is 0 Å². The third-order valence-corrected chi connectivity index (χ3v) is 4.68. The standard InChI is InChI=1S/C25H24N2O6/c1-16(2)24(30)32-14-21(28)15-33-25(31)19-9-11-20(12-10-19)27-23(29)22(17(3)26-27)13-18-7-5-4-6-8-18/h4-13,21,28H,1,14-15H2,2-3H3/b22-13-. The first-order valence-electron chi connectivity index (χ1n) is 10.2. The maximum absolute atomic E-state index is 12.9. The number of carbonyl (C=O) groups is 3. The number of hydrogen-bond acceptors (Lipinski definition) is 7. The van der Waals surface area contributed by atoms with Gasteiger partial charge in [-0.1, -0.05) is 36.9 Å².